The third-order valence-electron chi connectivity index (χ3n) is 2.30. The van der Waals surface area contributed by atoms with E-state index >= 15 is 0 Å². The van der Waals surface area contributed by atoms with Crippen LogP contribution in [0.15, 0.2) is 36.0 Å². The van der Waals surface area contributed by atoms with Crippen molar-refractivity contribution in [3.8, 4) is 0 Å². The number of hydrogen-bond donors (Lipinski definition) is 2. The summed E-state index contributed by atoms with van der Waals surface area (Å²) in [6.07, 6.45) is 10.1. The molecule has 0 aromatic heterocycles. The molecule has 1 atom stereocenters. The number of rotatable bonds is 5. The minimum atomic E-state index is -1.08. The molecule has 1 rings (SSSR count). The van der Waals surface area contributed by atoms with Crippen LogP contribution in [-0.2, 0) is 9.59 Å². The summed E-state index contributed by atoms with van der Waals surface area (Å²) in [6.45, 7) is 0. The van der Waals surface area contributed by atoms with Crippen LogP contribution in [0.5, 0.6) is 0 Å². The Labute approximate surface area is 93.6 Å². The number of carboxylic acid groups (broad SMARTS) is 2. The average molecular weight is 222 g/mol. The second-order valence-corrected chi connectivity index (χ2v) is 3.64. The lowest BCUT2D eigenvalue weighted by Gasteiger charge is -2.09. The lowest BCUT2D eigenvalue weighted by molar-refractivity contribution is -0.148. The second-order valence-electron chi connectivity index (χ2n) is 3.64. The van der Waals surface area contributed by atoms with Crippen molar-refractivity contribution in [1.82, 2.24) is 0 Å². The van der Waals surface area contributed by atoms with E-state index in [-0.39, 0.29) is 12.8 Å². The van der Waals surface area contributed by atoms with Crippen LogP contribution < -0.4 is 0 Å². The highest BCUT2D eigenvalue weighted by atomic mass is 16.4. The fraction of sp³-hybridized carbons (Fsp3) is 0.333. The molecule has 86 valence electrons. The molecular weight excluding hydrogens is 208 g/mol. The Hall–Kier alpha value is -1.84. The van der Waals surface area contributed by atoms with Crippen molar-refractivity contribution in [2.75, 3.05) is 0 Å². The summed E-state index contributed by atoms with van der Waals surface area (Å²) >= 11 is 0. The van der Waals surface area contributed by atoms with E-state index in [4.69, 9.17) is 10.2 Å². The van der Waals surface area contributed by atoms with E-state index in [2.05, 4.69) is 0 Å². The first-order chi connectivity index (χ1) is 7.59. The summed E-state index contributed by atoms with van der Waals surface area (Å²) in [5, 5.41) is 17.5. The van der Waals surface area contributed by atoms with Crippen LogP contribution >= 0.6 is 0 Å². The van der Waals surface area contributed by atoms with E-state index in [1.165, 1.54) is 0 Å². The Morgan fingerprint density at radius 1 is 1.31 bits per heavy atom. The Bertz CT molecular complexity index is 363. The van der Waals surface area contributed by atoms with Crippen molar-refractivity contribution < 1.29 is 19.8 Å². The molecule has 0 aliphatic heterocycles. The minimum Gasteiger partial charge on any atom is -0.481 e. The van der Waals surface area contributed by atoms with E-state index < -0.39 is 17.9 Å². The summed E-state index contributed by atoms with van der Waals surface area (Å²) < 4.78 is 0. The maximum absolute atomic E-state index is 10.9. The highest BCUT2D eigenvalue weighted by Crippen LogP contribution is 2.18. The molecule has 0 bridgehead atoms. The van der Waals surface area contributed by atoms with Crippen molar-refractivity contribution in [1.29, 1.82) is 0 Å². The highest BCUT2D eigenvalue weighted by Gasteiger charge is 2.21. The highest BCUT2D eigenvalue weighted by molar-refractivity contribution is 5.78. The monoisotopic (exact) mass is 222 g/mol. The fourth-order valence-electron chi connectivity index (χ4n) is 1.50. The second kappa shape index (κ2) is 5.90. The maximum Gasteiger partial charge on any atom is 0.307 e. The first-order valence-corrected chi connectivity index (χ1v) is 5.06. The van der Waals surface area contributed by atoms with Crippen LogP contribution in [0, 0.1) is 5.92 Å². The van der Waals surface area contributed by atoms with Crippen molar-refractivity contribution in [3.63, 3.8) is 0 Å². The third-order valence-corrected chi connectivity index (χ3v) is 2.30. The van der Waals surface area contributed by atoms with Crippen LogP contribution in [0.1, 0.15) is 19.3 Å². The molecule has 1 aliphatic carbocycles. The third kappa shape index (κ3) is 4.13. The van der Waals surface area contributed by atoms with Gasteiger partial charge in [0, 0.05) is 0 Å². The van der Waals surface area contributed by atoms with Gasteiger partial charge in [-0.3, -0.25) is 9.59 Å². The molecule has 0 saturated heterocycles. The van der Waals surface area contributed by atoms with Crippen LogP contribution in [0.2, 0.25) is 0 Å². The zero-order chi connectivity index (χ0) is 12.0. The van der Waals surface area contributed by atoms with Crippen LogP contribution in [0.25, 0.3) is 0 Å². The van der Waals surface area contributed by atoms with E-state index in [0.717, 1.165) is 12.0 Å². The van der Waals surface area contributed by atoms with Gasteiger partial charge in [-0.05, 0) is 18.4 Å². The molecule has 4 heteroatoms. The van der Waals surface area contributed by atoms with Crippen LogP contribution in [0.3, 0.4) is 0 Å². The van der Waals surface area contributed by atoms with Crippen LogP contribution in [-0.4, -0.2) is 22.2 Å². The molecule has 16 heavy (non-hydrogen) atoms. The molecule has 0 aromatic carbocycles. The molecule has 0 fully saturated rings. The van der Waals surface area contributed by atoms with Gasteiger partial charge in [0.05, 0.1) is 12.3 Å². The van der Waals surface area contributed by atoms with Crippen LogP contribution in [0.4, 0.5) is 0 Å². The van der Waals surface area contributed by atoms with Gasteiger partial charge in [-0.2, -0.15) is 0 Å². The Balaban J connectivity index is 2.67. The molecule has 4 nitrogen and oxygen atoms in total. The molecule has 0 amide bonds. The van der Waals surface area contributed by atoms with Gasteiger partial charge in [0.1, 0.15) is 0 Å². The van der Waals surface area contributed by atoms with Gasteiger partial charge in [-0.25, -0.2) is 0 Å². The quantitative estimate of drug-likeness (QED) is 0.746. The lowest BCUT2D eigenvalue weighted by Crippen LogP contribution is -2.18. The van der Waals surface area contributed by atoms with Gasteiger partial charge in [-0.1, -0.05) is 30.4 Å². The molecular formula is C12H14O4. The molecule has 0 spiro atoms. The van der Waals surface area contributed by atoms with Gasteiger partial charge < -0.3 is 10.2 Å². The zero-order valence-electron chi connectivity index (χ0n) is 8.80. The first-order valence-electron chi connectivity index (χ1n) is 5.06. The smallest absolute Gasteiger partial charge is 0.307 e. The summed E-state index contributed by atoms with van der Waals surface area (Å²) in [6, 6.07) is 0. The Morgan fingerprint density at radius 3 is 2.69 bits per heavy atom. The van der Waals surface area contributed by atoms with Gasteiger partial charge in [0.25, 0.3) is 0 Å². The predicted molar refractivity (Wildman–Crippen MR) is 59.0 cm³/mol. The minimum absolute atomic E-state index is 0.252. The van der Waals surface area contributed by atoms with E-state index in [0.29, 0.717) is 0 Å². The number of aliphatic carboxylic acids is 2. The van der Waals surface area contributed by atoms with Gasteiger partial charge in [0.15, 0.2) is 0 Å². The summed E-state index contributed by atoms with van der Waals surface area (Å²) in [5.74, 6) is -3.01. The largest absolute Gasteiger partial charge is 0.481 e. The van der Waals surface area contributed by atoms with E-state index in [1.807, 2.05) is 30.4 Å². The number of allylic oxidation sites excluding steroid dienone is 6. The normalized spacial score (nSPS) is 16.4. The zero-order valence-corrected chi connectivity index (χ0v) is 8.80. The van der Waals surface area contributed by atoms with Crippen molar-refractivity contribution in [2.45, 2.75) is 19.3 Å². The van der Waals surface area contributed by atoms with E-state index in [1.54, 1.807) is 0 Å². The molecule has 0 heterocycles. The van der Waals surface area contributed by atoms with Gasteiger partial charge >= 0.3 is 11.9 Å². The predicted octanol–water partition coefficient (Wildman–Crippen LogP) is 1.99. The van der Waals surface area contributed by atoms with Crippen molar-refractivity contribution in [2.24, 2.45) is 5.92 Å². The summed E-state index contributed by atoms with van der Waals surface area (Å²) in [7, 11) is 0. The number of carbonyl (C=O) groups is 2. The lowest BCUT2D eigenvalue weighted by atomic mass is 9.96. The number of carboxylic acids is 2. The van der Waals surface area contributed by atoms with E-state index in [9.17, 15) is 9.59 Å². The molecule has 2 N–H and O–H groups in total. The molecule has 1 aliphatic rings. The summed E-state index contributed by atoms with van der Waals surface area (Å²) in [5.41, 5.74) is 0.849. The van der Waals surface area contributed by atoms with Crippen molar-refractivity contribution in [3.05, 3.63) is 36.0 Å². The maximum atomic E-state index is 10.9. The Morgan fingerprint density at radius 2 is 2.06 bits per heavy atom. The summed E-state index contributed by atoms with van der Waals surface area (Å²) in [4.78, 5) is 21.4. The van der Waals surface area contributed by atoms with Gasteiger partial charge in [-0.15, -0.1) is 0 Å². The number of hydrogen-bond acceptors (Lipinski definition) is 2. The average Bonchev–Trinajstić information content (AvgIpc) is 2.44. The SMILES string of the molecule is O=C(O)CC(CC1=CC=CCC=C1)C(=O)O. The molecule has 0 aromatic rings. The van der Waals surface area contributed by atoms with Gasteiger partial charge in [0.2, 0.25) is 0 Å². The molecule has 1 unspecified atom stereocenters. The first kappa shape index (κ1) is 12.2. The Kier molecular flexibility index (Phi) is 4.51. The molecule has 0 saturated carbocycles. The van der Waals surface area contributed by atoms with Crippen molar-refractivity contribution >= 4 is 11.9 Å². The molecule has 0 radical (unpaired) electrons. The standard InChI is InChI=1S/C12H14O4/c13-11(14)8-10(12(15)16)7-9-5-3-1-2-4-6-9/h1,3-6,10H,2,7-8H2,(H,13,14)(H,15,16). The topological polar surface area (TPSA) is 74.6 Å². The fourth-order valence-corrected chi connectivity index (χ4v) is 1.50.